The summed E-state index contributed by atoms with van der Waals surface area (Å²) >= 11 is 0. The van der Waals surface area contributed by atoms with E-state index in [-0.39, 0.29) is 22.1 Å². The van der Waals surface area contributed by atoms with Gasteiger partial charge in [-0.1, -0.05) is 12.1 Å². The Morgan fingerprint density at radius 2 is 1.82 bits per heavy atom. The molecule has 0 saturated heterocycles. The average molecular weight is 469 g/mol. The quantitative estimate of drug-likeness (QED) is 0.294. The van der Waals surface area contributed by atoms with Gasteiger partial charge in [0.1, 0.15) is 0 Å². The van der Waals surface area contributed by atoms with Crippen LogP contribution in [0.15, 0.2) is 58.2 Å². The van der Waals surface area contributed by atoms with E-state index >= 15 is 0 Å². The molecule has 1 amide bonds. The summed E-state index contributed by atoms with van der Waals surface area (Å²) in [6, 6.07) is 12.6. The summed E-state index contributed by atoms with van der Waals surface area (Å²) in [5.41, 5.74) is 2.82. The van der Waals surface area contributed by atoms with Crippen LogP contribution < -0.4 is 15.7 Å². The normalized spacial score (nSPS) is 11.6. The number of amides is 1. The molecule has 172 valence electrons. The first-order chi connectivity index (χ1) is 15.7. The lowest BCUT2D eigenvalue weighted by atomic mass is 10.1. The highest BCUT2D eigenvalue weighted by atomic mass is 32.2. The number of carbonyl (C=O) groups is 1. The van der Waals surface area contributed by atoms with Crippen molar-refractivity contribution in [3.63, 3.8) is 0 Å². The van der Waals surface area contributed by atoms with Crippen LogP contribution in [0, 0.1) is 13.8 Å². The number of imidazole rings is 1. The van der Waals surface area contributed by atoms with E-state index in [4.69, 9.17) is 0 Å². The number of para-hydroxylation sites is 1. The summed E-state index contributed by atoms with van der Waals surface area (Å²) in [7, 11) is -3.99. The average Bonchev–Trinajstić information content (AvgIpc) is 3.30. The van der Waals surface area contributed by atoms with Crippen molar-refractivity contribution in [3.05, 3.63) is 76.0 Å². The van der Waals surface area contributed by atoms with Crippen molar-refractivity contribution in [2.24, 2.45) is 0 Å². The number of H-pyrrole nitrogens is 2. The van der Waals surface area contributed by atoms with Crippen LogP contribution in [0.1, 0.15) is 28.2 Å². The largest absolute Gasteiger partial charge is 0.352 e. The molecule has 0 aliphatic carbocycles. The number of hydrogen-bond acceptors (Lipinski definition) is 5. The summed E-state index contributed by atoms with van der Waals surface area (Å²) in [5, 5.41) is 7.22. The van der Waals surface area contributed by atoms with Gasteiger partial charge in [0.25, 0.3) is 15.9 Å². The minimum absolute atomic E-state index is 0.0367. The van der Waals surface area contributed by atoms with Crippen LogP contribution >= 0.6 is 0 Å². The number of hydrogen-bond donors (Lipinski definition) is 4. The molecule has 0 bridgehead atoms. The Hall–Kier alpha value is -3.86. The molecule has 0 unspecified atom stereocenters. The Balaban J connectivity index is 1.45. The molecule has 0 fully saturated rings. The maximum atomic E-state index is 12.9. The standard InChI is InChI=1S/C22H24N6O4S/c1-14-12-15(2)28(26-14)11-5-10-23-21(29)17-6-3-4-7-18(17)27-33(31,32)16-8-9-19-20(13-16)25-22(30)24-19/h3-4,6-9,12-13,27H,5,10-11H2,1-2H3,(H,23,29)(H2,24,25,30). The van der Waals surface area contributed by atoms with Crippen molar-refractivity contribution in [2.45, 2.75) is 31.7 Å². The highest BCUT2D eigenvalue weighted by Gasteiger charge is 2.19. The van der Waals surface area contributed by atoms with Gasteiger partial charge in [-0.2, -0.15) is 5.10 Å². The molecule has 10 nitrogen and oxygen atoms in total. The summed E-state index contributed by atoms with van der Waals surface area (Å²) in [6.45, 7) is 4.99. The number of nitrogens with zero attached hydrogens (tertiary/aromatic N) is 2. The number of sulfonamides is 1. The van der Waals surface area contributed by atoms with Crippen LogP contribution in [-0.2, 0) is 16.6 Å². The van der Waals surface area contributed by atoms with E-state index in [1.54, 1.807) is 18.2 Å². The number of aryl methyl sites for hydroxylation is 3. The smallest absolute Gasteiger partial charge is 0.323 e. The number of carbonyl (C=O) groups excluding carboxylic acids is 1. The summed E-state index contributed by atoms with van der Waals surface area (Å²) in [6.07, 6.45) is 0.677. The third kappa shape index (κ3) is 4.98. The van der Waals surface area contributed by atoms with Crippen LogP contribution in [0.5, 0.6) is 0 Å². The Morgan fingerprint density at radius 1 is 1.06 bits per heavy atom. The molecular formula is C22H24N6O4S. The van der Waals surface area contributed by atoms with Crippen LogP contribution in [0.25, 0.3) is 11.0 Å². The number of nitrogens with one attached hydrogen (secondary N) is 4. The van der Waals surface area contributed by atoms with Gasteiger partial charge in [0.15, 0.2) is 0 Å². The third-order valence-corrected chi connectivity index (χ3v) is 6.51. The minimum atomic E-state index is -3.99. The van der Waals surface area contributed by atoms with Gasteiger partial charge in [-0.15, -0.1) is 0 Å². The van der Waals surface area contributed by atoms with Crippen molar-refractivity contribution in [1.29, 1.82) is 0 Å². The molecule has 0 aliphatic heterocycles. The first kappa shape index (κ1) is 22.3. The molecule has 2 aromatic carbocycles. The molecule has 11 heteroatoms. The zero-order valence-corrected chi connectivity index (χ0v) is 19.0. The fourth-order valence-corrected chi connectivity index (χ4v) is 4.69. The predicted octanol–water partition coefficient (Wildman–Crippen LogP) is 2.29. The fraction of sp³-hybridized carbons (Fsp3) is 0.227. The van der Waals surface area contributed by atoms with Crippen LogP contribution in [0.2, 0.25) is 0 Å². The molecule has 0 spiro atoms. The lowest BCUT2D eigenvalue weighted by Crippen LogP contribution is -2.27. The number of benzene rings is 2. The second-order valence-corrected chi connectivity index (χ2v) is 9.38. The summed E-state index contributed by atoms with van der Waals surface area (Å²) in [5.74, 6) is -0.382. The topological polar surface area (TPSA) is 142 Å². The number of anilines is 1. The molecule has 2 heterocycles. The maximum absolute atomic E-state index is 12.9. The first-order valence-corrected chi connectivity index (χ1v) is 11.8. The van der Waals surface area contributed by atoms with Crippen molar-refractivity contribution in [1.82, 2.24) is 25.1 Å². The molecule has 2 aromatic heterocycles. The SMILES string of the molecule is Cc1cc(C)n(CCCNC(=O)c2ccccc2NS(=O)(=O)c2ccc3[nH]c(=O)[nH]c3c2)n1. The zero-order valence-electron chi connectivity index (χ0n) is 18.2. The van der Waals surface area contributed by atoms with Crippen LogP contribution in [0.3, 0.4) is 0 Å². The molecule has 0 aliphatic rings. The second-order valence-electron chi connectivity index (χ2n) is 7.70. The second kappa shape index (κ2) is 8.94. The molecule has 0 atom stereocenters. The molecule has 0 radical (unpaired) electrons. The van der Waals surface area contributed by atoms with E-state index in [9.17, 15) is 18.0 Å². The number of aromatic nitrogens is 4. The molecule has 0 saturated carbocycles. The van der Waals surface area contributed by atoms with Gasteiger partial charge in [0, 0.05) is 18.8 Å². The Bertz CT molecular complexity index is 1480. The molecular weight excluding hydrogens is 444 g/mol. The van der Waals surface area contributed by atoms with Crippen molar-refractivity contribution in [3.8, 4) is 0 Å². The van der Waals surface area contributed by atoms with E-state index < -0.39 is 15.7 Å². The van der Waals surface area contributed by atoms with Crippen molar-refractivity contribution >= 4 is 32.7 Å². The Labute approximate surface area is 190 Å². The van der Waals surface area contributed by atoms with Gasteiger partial charge in [0.05, 0.1) is 32.9 Å². The highest BCUT2D eigenvalue weighted by Crippen LogP contribution is 2.22. The van der Waals surface area contributed by atoms with E-state index in [1.807, 2.05) is 24.6 Å². The lowest BCUT2D eigenvalue weighted by Gasteiger charge is -2.13. The Kier molecular flexibility index (Phi) is 6.05. The van der Waals surface area contributed by atoms with E-state index in [1.165, 1.54) is 24.3 Å². The van der Waals surface area contributed by atoms with Crippen molar-refractivity contribution < 1.29 is 13.2 Å². The number of aromatic amines is 2. The lowest BCUT2D eigenvalue weighted by molar-refractivity contribution is 0.0953. The fourth-order valence-electron chi connectivity index (χ4n) is 3.58. The first-order valence-electron chi connectivity index (χ1n) is 10.4. The minimum Gasteiger partial charge on any atom is -0.352 e. The van der Waals surface area contributed by atoms with E-state index in [0.29, 0.717) is 30.5 Å². The number of rotatable bonds is 8. The molecule has 33 heavy (non-hydrogen) atoms. The summed E-state index contributed by atoms with van der Waals surface area (Å²) < 4.78 is 30.2. The van der Waals surface area contributed by atoms with E-state index in [0.717, 1.165) is 11.4 Å². The Morgan fingerprint density at radius 3 is 2.58 bits per heavy atom. The molecule has 4 N–H and O–H groups in total. The van der Waals surface area contributed by atoms with Crippen molar-refractivity contribution in [2.75, 3.05) is 11.3 Å². The summed E-state index contributed by atoms with van der Waals surface area (Å²) in [4.78, 5) is 29.2. The van der Waals surface area contributed by atoms with Gasteiger partial charge in [0.2, 0.25) is 0 Å². The van der Waals surface area contributed by atoms with Gasteiger partial charge < -0.3 is 15.3 Å². The molecule has 4 rings (SSSR count). The predicted molar refractivity (Wildman–Crippen MR) is 125 cm³/mol. The van der Waals surface area contributed by atoms with Gasteiger partial charge in [-0.25, -0.2) is 13.2 Å². The van der Waals surface area contributed by atoms with Gasteiger partial charge >= 0.3 is 5.69 Å². The van der Waals surface area contributed by atoms with Gasteiger partial charge in [-0.05, 0) is 56.7 Å². The van der Waals surface area contributed by atoms with Crippen LogP contribution in [0.4, 0.5) is 5.69 Å². The number of fused-ring (bicyclic) bond motifs is 1. The molecule has 4 aromatic rings. The monoisotopic (exact) mass is 468 g/mol. The van der Waals surface area contributed by atoms with Gasteiger partial charge in [-0.3, -0.25) is 14.2 Å². The maximum Gasteiger partial charge on any atom is 0.323 e. The van der Waals surface area contributed by atoms with Crippen LogP contribution in [-0.4, -0.2) is 40.6 Å². The zero-order chi connectivity index (χ0) is 23.6. The van der Waals surface area contributed by atoms with E-state index in [2.05, 4.69) is 25.1 Å². The third-order valence-electron chi connectivity index (χ3n) is 5.15. The highest BCUT2D eigenvalue weighted by molar-refractivity contribution is 7.92.